The zero-order chi connectivity index (χ0) is 15.1. The molecular weight excluding hydrogens is 244 g/mol. The molecular formula is C18H30N2. The average Bonchev–Trinajstić information content (AvgIpc) is 2.35. The lowest BCUT2D eigenvalue weighted by Crippen LogP contribution is -2.27. The Morgan fingerprint density at radius 2 is 1.80 bits per heavy atom. The van der Waals surface area contributed by atoms with E-state index >= 15 is 0 Å². The molecule has 1 N–H and O–H groups in total. The Bertz CT molecular complexity index is 406. The Kier molecular flexibility index (Phi) is 6.97. The molecule has 0 amide bonds. The van der Waals surface area contributed by atoms with Crippen molar-refractivity contribution >= 4 is 0 Å². The van der Waals surface area contributed by atoms with Crippen LogP contribution in [-0.4, -0.2) is 31.1 Å². The van der Waals surface area contributed by atoms with Crippen molar-refractivity contribution in [2.75, 3.05) is 20.1 Å². The highest BCUT2D eigenvalue weighted by Gasteiger charge is 2.07. The van der Waals surface area contributed by atoms with Crippen molar-refractivity contribution in [3.05, 3.63) is 47.5 Å². The van der Waals surface area contributed by atoms with Gasteiger partial charge in [0, 0.05) is 25.7 Å². The third-order valence-electron chi connectivity index (χ3n) is 3.37. The van der Waals surface area contributed by atoms with Gasteiger partial charge in [0.1, 0.15) is 0 Å². The first-order chi connectivity index (χ1) is 9.38. The summed E-state index contributed by atoms with van der Waals surface area (Å²) in [5.74, 6) is 0.555. The molecule has 20 heavy (non-hydrogen) atoms. The second kappa shape index (κ2) is 8.23. The molecule has 1 unspecified atom stereocenters. The molecule has 2 heteroatoms. The van der Waals surface area contributed by atoms with Crippen LogP contribution in [0.5, 0.6) is 0 Å². The number of likely N-dealkylation sites (N-methyl/N-ethyl adjacent to an activating group) is 1. The summed E-state index contributed by atoms with van der Waals surface area (Å²) in [6.07, 6.45) is 0. The van der Waals surface area contributed by atoms with Crippen LogP contribution >= 0.6 is 0 Å². The molecule has 0 heterocycles. The zero-order valence-electron chi connectivity index (χ0n) is 13.7. The van der Waals surface area contributed by atoms with Gasteiger partial charge in [0.25, 0.3) is 0 Å². The summed E-state index contributed by atoms with van der Waals surface area (Å²) in [6.45, 7) is 15.7. The molecule has 112 valence electrons. The smallest absolute Gasteiger partial charge is 0.0234 e. The monoisotopic (exact) mass is 274 g/mol. The summed E-state index contributed by atoms with van der Waals surface area (Å²) in [5, 5.41) is 3.49. The molecule has 0 aromatic heterocycles. The maximum atomic E-state index is 3.96. The van der Waals surface area contributed by atoms with Crippen LogP contribution in [0.4, 0.5) is 0 Å². The number of nitrogens with zero attached hydrogens (tertiary/aromatic N) is 1. The lowest BCUT2D eigenvalue weighted by molar-refractivity contribution is 0.355. The second-order valence-corrected chi connectivity index (χ2v) is 6.33. The van der Waals surface area contributed by atoms with E-state index in [1.54, 1.807) is 0 Å². The van der Waals surface area contributed by atoms with Crippen LogP contribution in [0.25, 0.3) is 0 Å². The number of hydrogen-bond acceptors (Lipinski definition) is 2. The molecule has 0 bridgehead atoms. The Morgan fingerprint density at radius 1 is 1.20 bits per heavy atom. The van der Waals surface area contributed by atoms with E-state index in [0.29, 0.717) is 12.0 Å². The van der Waals surface area contributed by atoms with E-state index in [-0.39, 0.29) is 0 Å². The van der Waals surface area contributed by atoms with Crippen LogP contribution in [0, 0.1) is 0 Å². The predicted octanol–water partition coefficient (Wildman–Crippen LogP) is 3.80. The van der Waals surface area contributed by atoms with E-state index in [4.69, 9.17) is 0 Å². The average molecular weight is 274 g/mol. The van der Waals surface area contributed by atoms with Crippen LogP contribution in [0.3, 0.4) is 0 Å². The minimum Gasteiger partial charge on any atom is -0.314 e. The number of rotatable bonds is 8. The molecule has 0 radical (unpaired) electrons. The molecule has 0 aliphatic carbocycles. The first kappa shape index (κ1) is 16.9. The SMILES string of the molecule is C=C(C)CN(C)Cc1ccc(C(C)CNC(C)C)cc1. The molecule has 0 fully saturated rings. The lowest BCUT2D eigenvalue weighted by Gasteiger charge is -2.18. The summed E-state index contributed by atoms with van der Waals surface area (Å²) in [4.78, 5) is 2.29. The molecule has 1 aromatic rings. The van der Waals surface area contributed by atoms with Gasteiger partial charge in [0.15, 0.2) is 0 Å². The van der Waals surface area contributed by atoms with E-state index in [9.17, 15) is 0 Å². The molecule has 0 aliphatic heterocycles. The molecule has 1 aromatic carbocycles. The van der Waals surface area contributed by atoms with E-state index in [1.807, 2.05) is 0 Å². The van der Waals surface area contributed by atoms with E-state index in [1.165, 1.54) is 16.7 Å². The third-order valence-corrected chi connectivity index (χ3v) is 3.37. The standard InChI is InChI=1S/C18H30N2/c1-14(2)12-20(6)13-17-7-9-18(10-8-17)16(5)11-19-15(3)4/h7-10,15-16,19H,1,11-13H2,2-6H3. The minimum absolute atomic E-state index is 0.549. The van der Waals surface area contributed by atoms with Gasteiger partial charge in [-0.2, -0.15) is 0 Å². The largest absolute Gasteiger partial charge is 0.314 e. The molecule has 2 nitrogen and oxygen atoms in total. The molecule has 1 atom stereocenters. The van der Waals surface area contributed by atoms with Crippen LogP contribution < -0.4 is 5.32 Å². The van der Waals surface area contributed by atoms with Gasteiger partial charge in [-0.1, -0.05) is 57.2 Å². The summed E-state index contributed by atoms with van der Waals surface area (Å²) in [7, 11) is 2.14. The number of hydrogen-bond donors (Lipinski definition) is 1. The maximum Gasteiger partial charge on any atom is 0.0234 e. The van der Waals surface area contributed by atoms with Crippen LogP contribution in [0.2, 0.25) is 0 Å². The van der Waals surface area contributed by atoms with Gasteiger partial charge in [0.2, 0.25) is 0 Å². The fraction of sp³-hybridized carbons (Fsp3) is 0.556. The van der Waals surface area contributed by atoms with Crippen molar-refractivity contribution in [3.63, 3.8) is 0 Å². The van der Waals surface area contributed by atoms with E-state index < -0.39 is 0 Å². The van der Waals surface area contributed by atoms with Gasteiger partial charge < -0.3 is 5.32 Å². The van der Waals surface area contributed by atoms with Crippen molar-refractivity contribution in [1.29, 1.82) is 0 Å². The first-order valence-corrected chi connectivity index (χ1v) is 7.53. The molecule has 1 rings (SSSR count). The highest BCUT2D eigenvalue weighted by Crippen LogP contribution is 2.16. The summed E-state index contributed by atoms with van der Waals surface area (Å²) in [6, 6.07) is 9.56. The Hall–Kier alpha value is -1.12. The summed E-state index contributed by atoms with van der Waals surface area (Å²) in [5.41, 5.74) is 3.98. The minimum atomic E-state index is 0.549. The van der Waals surface area contributed by atoms with E-state index in [0.717, 1.165) is 19.6 Å². The number of nitrogens with one attached hydrogen (secondary N) is 1. The first-order valence-electron chi connectivity index (χ1n) is 7.53. The molecule has 0 spiro atoms. The van der Waals surface area contributed by atoms with E-state index in [2.05, 4.69) is 75.8 Å². The lowest BCUT2D eigenvalue weighted by atomic mass is 9.99. The maximum absolute atomic E-state index is 3.96. The van der Waals surface area contributed by atoms with Crippen LogP contribution in [0.15, 0.2) is 36.4 Å². The molecule has 0 aliphatic rings. The predicted molar refractivity (Wildman–Crippen MR) is 89.1 cm³/mol. The van der Waals surface area contributed by atoms with Gasteiger partial charge in [-0.05, 0) is 31.0 Å². The van der Waals surface area contributed by atoms with Crippen molar-refractivity contribution in [1.82, 2.24) is 10.2 Å². The van der Waals surface area contributed by atoms with Crippen LogP contribution in [-0.2, 0) is 6.54 Å². The third kappa shape index (κ3) is 6.36. The van der Waals surface area contributed by atoms with Gasteiger partial charge in [-0.15, -0.1) is 0 Å². The van der Waals surface area contributed by atoms with Gasteiger partial charge in [-0.25, -0.2) is 0 Å². The molecule has 0 saturated carbocycles. The van der Waals surface area contributed by atoms with Gasteiger partial charge >= 0.3 is 0 Å². The fourth-order valence-electron chi connectivity index (χ4n) is 2.31. The van der Waals surface area contributed by atoms with Crippen molar-refractivity contribution in [2.24, 2.45) is 0 Å². The van der Waals surface area contributed by atoms with Crippen LogP contribution in [0.1, 0.15) is 44.7 Å². The van der Waals surface area contributed by atoms with Gasteiger partial charge in [-0.3, -0.25) is 4.90 Å². The fourth-order valence-corrected chi connectivity index (χ4v) is 2.31. The topological polar surface area (TPSA) is 15.3 Å². The normalized spacial score (nSPS) is 12.9. The molecule has 0 saturated heterocycles. The highest BCUT2D eigenvalue weighted by atomic mass is 15.1. The Morgan fingerprint density at radius 3 is 2.30 bits per heavy atom. The van der Waals surface area contributed by atoms with Gasteiger partial charge in [0.05, 0.1) is 0 Å². The van der Waals surface area contributed by atoms with Crippen molar-refractivity contribution in [3.8, 4) is 0 Å². The highest BCUT2D eigenvalue weighted by molar-refractivity contribution is 5.25. The van der Waals surface area contributed by atoms with Crippen molar-refractivity contribution < 1.29 is 0 Å². The Balaban J connectivity index is 2.53. The second-order valence-electron chi connectivity index (χ2n) is 6.33. The Labute approximate surface area is 124 Å². The zero-order valence-corrected chi connectivity index (χ0v) is 13.7. The summed E-state index contributed by atoms with van der Waals surface area (Å²) >= 11 is 0. The number of benzene rings is 1. The van der Waals surface area contributed by atoms with Crippen molar-refractivity contribution in [2.45, 2.75) is 46.2 Å². The summed E-state index contributed by atoms with van der Waals surface area (Å²) < 4.78 is 0. The quantitative estimate of drug-likeness (QED) is 0.725.